The minimum atomic E-state index is -0.226. The molecule has 0 aliphatic rings. The Morgan fingerprint density at radius 2 is 2.16 bits per heavy atom. The maximum Gasteiger partial charge on any atom is 0.123 e. The molecule has 102 valence electrons. The first kappa shape index (κ1) is 13.8. The maximum absolute atomic E-state index is 13.4. The molecule has 0 bridgehead atoms. The summed E-state index contributed by atoms with van der Waals surface area (Å²) in [5.74, 6) is -0.226. The molecule has 0 spiro atoms. The van der Waals surface area contributed by atoms with Crippen LogP contribution in [0.4, 0.5) is 4.39 Å². The molecule has 3 nitrogen and oxygen atoms in total. The third kappa shape index (κ3) is 3.22. The molecule has 2 N–H and O–H groups in total. The lowest BCUT2D eigenvalue weighted by atomic mass is 9.99. The number of benzene rings is 1. The number of rotatable bonds is 5. The highest BCUT2D eigenvalue weighted by molar-refractivity contribution is 5.30. The number of nitrogens with two attached hydrogens (primary N) is 1. The summed E-state index contributed by atoms with van der Waals surface area (Å²) in [6.07, 6.45) is 3.36. The second-order valence-electron chi connectivity index (χ2n) is 4.80. The number of furan rings is 1. The van der Waals surface area contributed by atoms with E-state index in [1.54, 1.807) is 24.7 Å². The fraction of sp³-hybridized carbons (Fsp3) is 0.333. The van der Waals surface area contributed by atoms with Crippen molar-refractivity contribution in [1.82, 2.24) is 4.90 Å². The lowest BCUT2D eigenvalue weighted by molar-refractivity contribution is 0.240. The van der Waals surface area contributed by atoms with Crippen LogP contribution in [0, 0.1) is 12.7 Å². The van der Waals surface area contributed by atoms with Gasteiger partial charge in [-0.3, -0.25) is 4.90 Å². The summed E-state index contributed by atoms with van der Waals surface area (Å²) < 4.78 is 18.5. The fourth-order valence-corrected chi connectivity index (χ4v) is 2.30. The summed E-state index contributed by atoms with van der Waals surface area (Å²) in [6, 6.07) is 6.74. The lowest BCUT2D eigenvalue weighted by Crippen LogP contribution is -2.30. The molecule has 0 fully saturated rings. The average molecular weight is 262 g/mol. The molecule has 1 aromatic carbocycles. The lowest BCUT2D eigenvalue weighted by Gasteiger charge is -2.28. The third-order valence-corrected chi connectivity index (χ3v) is 3.37. The van der Waals surface area contributed by atoms with Crippen molar-refractivity contribution in [1.29, 1.82) is 0 Å². The van der Waals surface area contributed by atoms with Crippen molar-refractivity contribution in [2.24, 2.45) is 5.73 Å². The molecule has 2 aromatic rings. The molecular formula is C15H19FN2O. The van der Waals surface area contributed by atoms with E-state index in [0.29, 0.717) is 13.1 Å². The normalized spacial score (nSPS) is 12.9. The summed E-state index contributed by atoms with van der Waals surface area (Å²) in [4.78, 5) is 2.10. The number of hydrogen-bond donors (Lipinski definition) is 1. The standard InChI is InChI=1S/C15H19FN2O/c1-11-3-4-13(16)7-14(11)15(8-17)18(2)9-12-5-6-19-10-12/h3-7,10,15H,8-9,17H2,1-2H3. The summed E-state index contributed by atoms with van der Waals surface area (Å²) >= 11 is 0. The van der Waals surface area contributed by atoms with Gasteiger partial charge in [0.25, 0.3) is 0 Å². The Bertz CT molecular complexity index is 525. The van der Waals surface area contributed by atoms with E-state index in [4.69, 9.17) is 10.2 Å². The highest BCUT2D eigenvalue weighted by Gasteiger charge is 2.18. The van der Waals surface area contributed by atoms with Gasteiger partial charge < -0.3 is 10.2 Å². The largest absolute Gasteiger partial charge is 0.472 e. The Balaban J connectivity index is 2.21. The summed E-state index contributed by atoms with van der Waals surface area (Å²) in [5.41, 5.74) is 8.93. The van der Waals surface area contributed by atoms with Crippen molar-refractivity contribution >= 4 is 0 Å². The zero-order valence-electron chi connectivity index (χ0n) is 11.3. The van der Waals surface area contributed by atoms with Crippen LogP contribution in [0.25, 0.3) is 0 Å². The van der Waals surface area contributed by atoms with Gasteiger partial charge in [0.2, 0.25) is 0 Å². The Morgan fingerprint density at radius 1 is 1.37 bits per heavy atom. The van der Waals surface area contributed by atoms with Crippen molar-refractivity contribution in [3.8, 4) is 0 Å². The smallest absolute Gasteiger partial charge is 0.123 e. The highest BCUT2D eigenvalue weighted by atomic mass is 19.1. The number of hydrogen-bond acceptors (Lipinski definition) is 3. The minimum Gasteiger partial charge on any atom is -0.472 e. The van der Waals surface area contributed by atoms with Crippen LogP contribution in [-0.4, -0.2) is 18.5 Å². The van der Waals surface area contributed by atoms with Crippen molar-refractivity contribution in [3.63, 3.8) is 0 Å². The molecule has 1 unspecified atom stereocenters. The second kappa shape index (κ2) is 5.99. The van der Waals surface area contributed by atoms with Crippen LogP contribution >= 0.6 is 0 Å². The van der Waals surface area contributed by atoms with Crippen molar-refractivity contribution in [3.05, 3.63) is 59.3 Å². The molecule has 19 heavy (non-hydrogen) atoms. The van der Waals surface area contributed by atoms with Crippen LogP contribution in [0.3, 0.4) is 0 Å². The van der Waals surface area contributed by atoms with Gasteiger partial charge in [-0.15, -0.1) is 0 Å². The van der Waals surface area contributed by atoms with Gasteiger partial charge in [-0.05, 0) is 43.3 Å². The zero-order valence-corrected chi connectivity index (χ0v) is 11.3. The van der Waals surface area contributed by atoms with Crippen LogP contribution < -0.4 is 5.73 Å². The first-order valence-corrected chi connectivity index (χ1v) is 6.29. The van der Waals surface area contributed by atoms with E-state index in [-0.39, 0.29) is 11.9 Å². The quantitative estimate of drug-likeness (QED) is 0.901. The SMILES string of the molecule is Cc1ccc(F)cc1C(CN)N(C)Cc1ccoc1. The van der Waals surface area contributed by atoms with Crippen molar-refractivity contribution < 1.29 is 8.81 Å². The molecule has 4 heteroatoms. The van der Waals surface area contributed by atoms with Gasteiger partial charge in [0.15, 0.2) is 0 Å². The zero-order chi connectivity index (χ0) is 13.8. The average Bonchev–Trinajstić information content (AvgIpc) is 2.87. The second-order valence-corrected chi connectivity index (χ2v) is 4.80. The van der Waals surface area contributed by atoms with E-state index >= 15 is 0 Å². The molecule has 2 rings (SSSR count). The van der Waals surface area contributed by atoms with Gasteiger partial charge in [-0.2, -0.15) is 0 Å². The van der Waals surface area contributed by atoms with Crippen molar-refractivity contribution in [2.45, 2.75) is 19.5 Å². The topological polar surface area (TPSA) is 42.4 Å². The predicted molar refractivity (Wildman–Crippen MR) is 73.1 cm³/mol. The van der Waals surface area contributed by atoms with E-state index in [1.807, 2.05) is 20.0 Å². The summed E-state index contributed by atoms with van der Waals surface area (Å²) in [5, 5.41) is 0. The molecule has 0 radical (unpaired) electrons. The number of halogens is 1. The van der Waals surface area contributed by atoms with E-state index < -0.39 is 0 Å². The van der Waals surface area contributed by atoms with Gasteiger partial charge >= 0.3 is 0 Å². The molecule has 0 amide bonds. The molecule has 1 aromatic heterocycles. The van der Waals surface area contributed by atoms with E-state index in [9.17, 15) is 4.39 Å². The predicted octanol–water partition coefficient (Wildman–Crippen LogP) is 2.86. The Hall–Kier alpha value is -1.65. The van der Waals surface area contributed by atoms with Crippen LogP contribution in [-0.2, 0) is 6.54 Å². The maximum atomic E-state index is 13.4. The van der Waals surface area contributed by atoms with E-state index in [1.165, 1.54) is 6.07 Å². The minimum absolute atomic E-state index is 0.00870. The van der Waals surface area contributed by atoms with Gasteiger partial charge in [-0.25, -0.2) is 4.39 Å². The van der Waals surface area contributed by atoms with Crippen LogP contribution in [0.2, 0.25) is 0 Å². The van der Waals surface area contributed by atoms with Crippen LogP contribution in [0.5, 0.6) is 0 Å². The molecule has 1 heterocycles. The Labute approximate surface area is 112 Å². The van der Waals surface area contributed by atoms with Gasteiger partial charge in [0.1, 0.15) is 5.82 Å². The summed E-state index contributed by atoms with van der Waals surface area (Å²) in [6.45, 7) is 3.14. The number of nitrogens with zero attached hydrogens (tertiary/aromatic N) is 1. The monoisotopic (exact) mass is 262 g/mol. The van der Waals surface area contributed by atoms with E-state index in [0.717, 1.165) is 16.7 Å². The van der Waals surface area contributed by atoms with Gasteiger partial charge in [0.05, 0.1) is 12.5 Å². The first-order chi connectivity index (χ1) is 9.11. The molecular weight excluding hydrogens is 243 g/mol. The highest BCUT2D eigenvalue weighted by Crippen LogP contribution is 2.24. The number of aryl methyl sites for hydroxylation is 1. The Morgan fingerprint density at radius 3 is 2.79 bits per heavy atom. The van der Waals surface area contributed by atoms with Crippen molar-refractivity contribution in [2.75, 3.05) is 13.6 Å². The molecule has 0 aliphatic heterocycles. The molecule has 0 saturated heterocycles. The van der Waals surface area contributed by atoms with E-state index in [2.05, 4.69) is 4.90 Å². The molecule has 0 saturated carbocycles. The van der Waals surface area contributed by atoms with Crippen LogP contribution in [0.1, 0.15) is 22.7 Å². The fourth-order valence-electron chi connectivity index (χ4n) is 2.30. The van der Waals surface area contributed by atoms with Gasteiger partial charge in [0, 0.05) is 24.7 Å². The Kier molecular flexibility index (Phi) is 4.35. The molecule has 0 aliphatic carbocycles. The third-order valence-electron chi connectivity index (χ3n) is 3.37. The first-order valence-electron chi connectivity index (χ1n) is 6.29. The van der Waals surface area contributed by atoms with Crippen LogP contribution in [0.15, 0.2) is 41.2 Å². The molecule has 1 atom stereocenters. The number of likely N-dealkylation sites (N-methyl/N-ethyl adjacent to an activating group) is 1. The van der Waals surface area contributed by atoms with Gasteiger partial charge in [-0.1, -0.05) is 6.07 Å². The summed E-state index contributed by atoms with van der Waals surface area (Å²) in [7, 11) is 1.98.